The molecule has 150 valence electrons. The Hall–Kier alpha value is -1.40. The van der Waals surface area contributed by atoms with Crippen LogP contribution in [0.5, 0.6) is 0 Å². The van der Waals surface area contributed by atoms with Crippen LogP contribution in [-0.2, 0) is 20.6 Å². The summed E-state index contributed by atoms with van der Waals surface area (Å²) in [7, 11) is -3.34. The second-order valence-electron chi connectivity index (χ2n) is 8.95. The zero-order chi connectivity index (χ0) is 19.7. The van der Waals surface area contributed by atoms with Crippen molar-refractivity contribution in [2.45, 2.75) is 52.2 Å². The number of carbonyl (C=O) groups excluding carboxylic acids is 1. The number of aryl methyl sites for hydroxylation is 1. The van der Waals surface area contributed by atoms with Crippen molar-refractivity contribution in [1.82, 2.24) is 9.21 Å². The SMILES string of the molecule is Cc1cccc(CS(=O)(=O)N2CCC(C(=O)N3CCCC(C)(C)C3)CC2)c1. The highest BCUT2D eigenvalue weighted by atomic mass is 32.2. The first-order valence-corrected chi connectivity index (χ1v) is 11.6. The summed E-state index contributed by atoms with van der Waals surface area (Å²) in [5, 5.41) is 0. The lowest BCUT2D eigenvalue weighted by Crippen LogP contribution is -2.49. The van der Waals surface area contributed by atoms with Crippen molar-refractivity contribution in [2.75, 3.05) is 26.2 Å². The third-order valence-corrected chi connectivity index (χ3v) is 7.69. The summed E-state index contributed by atoms with van der Waals surface area (Å²) in [5.74, 6) is 0.218. The average Bonchev–Trinajstić information content (AvgIpc) is 2.60. The molecule has 27 heavy (non-hydrogen) atoms. The van der Waals surface area contributed by atoms with E-state index >= 15 is 0 Å². The molecule has 2 aliphatic rings. The molecule has 0 radical (unpaired) electrons. The van der Waals surface area contributed by atoms with Crippen LogP contribution in [0.4, 0.5) is 0 Å². The molecule has 0 N–H and O–H groups in total. The highest BCUT2D eigenvalue weighted by Crippen LogP contribution is 2.31. The van der Waals surface area contributed by atoms with Gasteiger partial charge < -0.3 is 4.90 Å². The molecule has 3 rings (SSSR count). The normalized spacial score (nSPS) is 22.0. The number of amides is 1. The Morgan fingerprint density at radius 3 is 2.52 bits per heavy atom. The summed E-state index contributed by atoms with van der Waals surface area (Å²) in [4.78, 5) is 14.9. The average molecular weight is 393 g/mol. The number of benzene rings is 1. The summed E-state index contributed by atoms with van der Waals surface area (Å²) < 4.78 is 27.1. The number of hydrogen-bond acceptors (Lipinski definition) is 3. The van der Waals surface area contributed by atoms with Crippen LogP contribution < -0.4 is 0 Å². The zero-order valence-electron chi connectivity index (χ0n) is 16.8. The molecule has 6 heteroatoms. The minimum atomic E-state index is -3.34. The smallest absolute Gasteiger partial charge is 0.225 e. The van der Waals surface area contributed by atoms with Gasteiger partial charge in [-0.1, -0.05) is 43.7 Å². The summed E-state index contributed by atoms with van der Waals surface area (Å²) in [5.41, 5.74) is 2.08. The minimum absolute atomic E-state index is 0.0353. The lowest BCUT2D eigenvalue weighted by atomic mass is 9.83. The Balaban J connectivity index is 1.57. The summed E-state index contributed by atoms with van der Waals surface area (Å²) in [6, 6.07) is 7.64. The number of rotatable bonds is 4. The van der Waals surface area contributed by atoms with E-state index in [4.69, 9.17) is 0 Å². The Bertz CT molecular complexity index is 780. The summed E-state index contributed by atoms with van der Waals surface area (Å²) >= 11 is 0. The predicted octanol–water partition coefficient (Wildman–Crippen LogP) is 3.19. The van der Waals surface area contributed by atoms with Gasteiger partial charge in [0.1, 0.15) is 0 Å². The van der Waals surface area contributed by atoms with Gasteiger partial charge >= 0.3 is 0 Å². The highest BCUT2D eigenvalue weighted by molar-refractivity contribution is 7.88. The quantitative estimate of drug-likeness (QED) is 0.791. The maximum absolute atomic E-state index is 12.9. The minimum Gasteiger partial charge on any atom is -0.342 e. The molecule has 2 aliphatic heterocycles. The van der Waals surface area contributed by atoms with Gasteiger partial charge in [0.25, 0.3) is 0 Å². The molecule has 1 aromatic rings. The van der Waals surface area contributed by atoms with Crippen molar-refractivity contribution < 1.29 is 13.2 Å². The summed E-state index contributed by atoms with van der Waals surface area (Å²) in [6.45, 7) is 8.95. The van der Waals surface area contributed by atoms with Crippen LogP contribution >= 0.6 is 0 Å². The maximum atomic E-state index is 12.9. The molecule has 0 aliphatic carbocycles. The van der Waals surface area contributed by atoms with E-state index < -0.39 is 10.0 Å². The Morgan fingerprint density at radius 2 is 1.89 bits per heavy atom. The van der Waals surface area contributed by atoms with Crippen molar-refractivity contribution in [2.24, 2.45) is 11.3 Å². The molecular formula is C21H32N2O3S. The largest absolute Gasteiger partial charge is 0.342 e. The fourth-order valence-electron chi connectivity index (χ4n) is 4.35. The van der Waals surface area contributed by atoms with E-state index in [9.17, 15) is 13.2 Å². The van der Waals surface area contributed by atoms with Crippen LogP contribution in [-0.4, -0.2) is 49.7 Å². The first kappa shape index (κ1) is 20.3. The monoisotopic (exact) mass is 392 g/mol. The third-order valence-electron chi connectivity index (χ3n) is 5.84. The van der Waals surface area contributed by atoms with Gasteiger partial charge in [-0.05, 0) is 43.6 Å². The van der Waals surface area contributed by atoms with Gasteiger partial charge in [-0.15, -0.1) is 0 Å². The van der Waals surface area contributed by atoms with Gasteiger partial charge in [0.2, 0.25) is 15.9 Å². The molecule has 2 saturated heterocycles. The zero-order valence-corrected chi connectivity index (χ0v) is 17.6. The molecule has 1 aromatic carbocycles. The van der Waals surface area contributed by atoms with Crippen LogP contribution in [0.15, 0.2) is 24.3 Å². The number of piperidine rings is 2. The Labute approximate surface area is 163 Å². The van der Waals surface area contributed by atoms with Crippen molar-refractivity contribution in [3.8, 4) is 0 Å². The maximum Gasteiger partial charge on any atom is 0.225 e. The van der Waals surface area contributed by atoms with E-state index in [1.165, 1.54) is 0 Å². The molecule has 2 heterocycles. The number of carbonyl (C=O) groups is 1. The number of sulfonamides is 1. The van der Waals surface area contributed by atoms with Crippen LogP contribution in [0.1, 0.15) is 50.7 Å². The van der Waals surface area contributed by atoms with Crippen LogP contribution in [0.3, 0.4) is 0 Å². The van der Waals surface area contributed by atoms with Gasteiger partial charge in [0.05, 0.1) is 5.75 Å². The molecule has 0 spiro atoms. The molecule has 0 unspecified atom stereocenters. The van der Waals surface area contributed by atoms with E-state index in [1.54, 1.807) is 4.31 Å². The van der Waals surface area contributed by atoms with Crippen LogP contribution in [0, 0.1) is 18.3 Å². The Kier molecular flexibility index (Phi) is 5.96. The van der Waals surface area contributed by atoms with Crippen molar-refractivity contribution >= 4 is 15.9 Å². The molecule has 5 nitrogen and oxygen atoms in total. The van der Waals surface area contributed by atoms with Gasteiger partial charge in [-0.3, -0.25) is 4.79 Å². The number of likely N-dealkylation sites (tertiary alicyclic amines) is 1. The first-order chi connectivity index (χ1) is 12.7. The standard InChI is InChI=1S/C21H32N2O3S/c1-17-6-4-7-18(14-17)15-27(25,26)23-12-8-19(9-13-23)20(24)22-11-5-10-21(2,3)16-22/h4,6-7,14,19H,5,8-13,15-16H2,1-3H3. The van der Waals surface area contributed by atoms with Crippen molar-refractivity contribution in [1.29, 1.82) is 0 Å². The fraction of sp³-hybridized carbons (Fsp3) is 0.667. The molecule has 0 aromatic heterocycles. The van der Waals surface area contributed by atoms with Gasteiger partial charge in [-0.25, -0.2) is 12.7 Å². The molecule has 0 saturated carbocycles. The van der Waals surface area contributed by atoms with Gasteiger partial charge in [-0.2, -0.15) is 0 Å². The van der Waals surface area contributed by atoms with E-state index in [0.29, 0.717) is 25.9 Å². The topological polar surface area (TPSA) is 57.7 Å². The highest BCUT2D eigenvalue weighted by Gasteiger charge is 2.36. The van der Waals surface area contributed by atoms with E-state index in [0.717, 1.165) is 37.1 Å². The number of nitrogens with zero attached hydrogens (tertiary/aromatic N) is 2. The number of hydrogen-bond donors (Lipinski definition) is 0. The fourth-order valence-corrected chi connectivity index (χ4v) is 5.90. The summed E-state index contributed by atoms with van der Waals surface area (Å²) in [6.07, 6.45) is 3.47. The van der Waals surface area contributed by atoms with Crippen molar-refractivity contribution in [3.63, 3.8) is 0 Å². The molecular weight excluding hydrogens is 360 g/mol. The lowest BCUT2D eigenvalue weighted by molar-refractivity contribution is -0.139. The molecule has 0 atom stereocenters. The van der Waals surface area contributed by atoms with Crippen LogP contribution in [0.2, 0.25) is 0 Å². The van der Waals surface area contributed by atoms with Gasteiger partial charge in [0, 0.05) is 32.1 Å². The first-order valence-electron chi connectivity index (χ1n) is 9.98. The van der Waals surface area contributed by atoms with Crippen LogP contribution in [0.25, 0.3) is 0 Å². The lowest BCUT2D eigenvalue weighted by Gasteiger charge is -2.40. The third kappa shape index (κ3) is 5.11. The molecule has 1 amide bonds. The van der Waals surface area contributed by atoms with E-state index in [2.05, 4.69) is 13.8 Å². The molecule has 0 bridgehead atoms. The second kappa shape index (κ2) is 7.92. The van der Waals surface area contributed by atoms with E-state index in [1.807, 2.05) is 36.1 Å². The predicted molar refractivity (Wildman–Crippen MR) is 108 cm³/mol. The molecule has 2 fully saturated rings. The van der Waals surface area contributed by atoms with Gasteiger partial charge in [0.15, 0.2) is 0 Å². The second-order valence-corrected chi connectivity index (χ2v) is 10.9. The van der Waals surface area contributed by atoms with E-state index in [-0.39, 0.29) is 23.0 Å². The Morgan fingerprint density at radius 1 is 1.19 bits per heavy atom. The van der Waals surface area contributed by atoms with Crippen molar-refractivity contribution in [3.05, 3.63) is 35.4 Å².